The molecule has 2 unspecified atom stereocenters. The van der Waals surface area contributed by atoms with E-state index in [9.17, 15) is 27.3 Å². The molecule has 1 aromatic carbocycles. The number of piperidine rings is 1. The van der Waals surface area contributed by atoms with Gasteiger partial charge in [-0.3, -0.25) is 9.48 Å². The summed E-state index contributed by atoms with van der Waals surface area (Å²) in [6, 6.07) is 4.01. The summed E-state index contributed by atoms with van der Waals surface area (Å²) in [6.07, 6.45) is -1.73. The lowest BCUT2D eigenvalue weighted by atomic mass is 9.96. The van der Waals surface area contributed by atoms with Crippen LogP contribution in [0.5, 0.6) is 0 Å². The highest BCUT2D eigenvalue weighted by molar-refractivity contribution is 7.81. The fourth-order valence-electron chi connectivity index (χ4n) is 5.38. The number of amides is 1. The van der Waals surface area contributed by atoms with Crippen LogP contribution in [0.3, 0.4) is 0 Å². The van der Waals surface area contributed by atoms with Crippen LogP contribution in [-0.2, 0) is 48.0 Å². The fourth-order valence-corrected chi connectivity index (χ4v) is 6.04. The first kappa shape index (κ1) is 28.7. The minimum absolute atomic E-state index is 0.0435. The number of rotatable bonds is 9. The van der Waals surface area contributed by atoms with E-state index in [0.717, 1.165) is 17.3 Å². The van der Waals surface area contributed by atoms with Gasteiger partial charge in [-0.15, -0.1) is 0 Å². The van der Waals surface area contributed by atoms with Gasteiger partial charge in [-0.05, 0) is 50.7 Å². The molecule has 9 nitrogen and oxygen atoms in total. The van der Waals surface area contributed by atoms with E-state index >= 15 is 0 Å². The largest absolute Gasteiger partial charge is 0.416 e. The van der Waals surface area contributed by atoms with Crippen LogP contribution in [0.15, 0.2) is 18.2 Å². The van der Waals surface area contributed by atoms with E-state index in [0.29, 0.717) is 63.2 Å². The lowest BCUT2D eigenvalue weighted by Crippen LogP contribution is -2.43. The summed E-state index contributed by atoms with van der Waals surface area (Å²) in [5.74, 6) is -0.420. The summed E-state index contributed by atoms with van der Waals surface area (Å²) in [4.78, 5) is 13.5. The van der Waals surface area contributed by atoms with Gasteiger partial charge >= 0.3 is 6.18 Å². The average molecular weight is 557 g/mol. The molecule has 210 valence electrons. The second-order valence-electron chi connectivity index (χ2n) is 10.0. The number of fused-ring (bicyclic) bond motifs is 1. The van der Waals surface area contributed by atoms with Gasteiger partial charge < -0.3 is 21.1 Å². The molecule has 2 aliphatic heterocycles. The summed E-state index contributed by atoms with van der Waals surface area (Å²) in [6.45, 7) is 2.92. The molecular weight excluding hydrogens is 521 g/mol. The number of nitrogens with zero attached hydrogens (tertiary/aromatic N) is 4. The monoisotopic (exact) mass is 556 g/mol. The van der Waals surface area contributed by atoms with E-state index in [1.807, 2.05) is 0 Å². The van der Waals surface area contributed by atoms with Crippen LogP contribution >= 0.6 is 0 Å². The van der Waals surface area contributed by atoms with Crippen molar-refractivity contribution in [2.24, 2.45) is 11.7 Å². The lowest BCUT2D eigenvalue weighted by molar-refractivity contribution is -0.138. The van der Waals surface area contributed by atoms with Gasteiger partial charge in [-0.2, -0.15) is 18.3 Å². The van der Waals surface area contributed by atoms with Crippen LogP contribution in [0.2, 0.25) is 0 Å². The SMILES string of the molecule is CNCc1cc(-c2nn(CC(O)CN3CCC(C(N)=O)CC3)c3c2CN(S(C)=O)CC3)ccc1C(F)(F)F. The van der Waals surface area contributed by atoms with Crippen LogP contribution in [0, 0.1) is 5.92 Å². The van der Waals surface area contributed by atoms with Crippen molar-refractivity contribution < 1.29 is 27.3 Å². The van der Waals surface area contributed by atoms with Crippen molar-refractivity contribution in [3.05, 3.63) is 40.6 Å². The number of aliphatic hydroxyl groups is 1. The molecule has 1 fully saturated rings. The second kappa shape index (κ2) is 11.8. The molecule has 13 heteroatoms. The lowest BCUT2D eigenvalue weighted by Gasteiger charge is -2.32. The molecule has 1 amide bonds. The smallest absolute Gasteiger partial charge is 0.390 e. The van der Waals surface area contributed by atoms with E-state index in [1.54, 1.807) is 22.3 Å². The number of likely N-dealkylation sites (tertiary alicyclic amines) is 1. The zero-order valence-electron chi connectivity index (χ0n) is 21.6. The number of aliphatic hydroxyl groups excluding tert-OH is 1. The van der Waals surface area contributed by atoms with Crippen molar-refractivity contribution in [1.82, 2.24) is 24.3 Å². The Morgan fingerprint density at radius 1 is 1.26 bits per heavy atom. The van der Waals surface area contributed by atoms with Crippen molar-refractivity contribution in [3.63, 3.8) is 0 Å². The number of carbonyl (C=O) groups is 1. The fraction of sp³-hybridized carbons (Fsp3) is 0.600. The number of nitrogens with two attached hydrogens (primary N) is 1. The first-order valence-electron chi connectivity index (χ1n) is 12.7. The average Bonchev–Trinajstić information content (AvgIpc) is 3.21. The third-order valence-electron chi connectivity index (χ3n) is 7.36. The van der Waals surface area contributed by atoms with Crippen LogP contribution in [0.25, 0.3) is 11.3 Å². The number of nitrogens with one attached hydrogen (secondary N) is 1. The molecule has 0 saturated carbocycles. The van der Waals surface area contributed by atoms with Gasteiger partial charge in [0.2, 0.25) is 5.91 Å². The Morgan fingerprint density at radius 3 is 2.58 bits per heavy atom. The van der Waals surface area contributed by atoms with Crippen LogP contribution < -0.4 is 11.1 Å². The molecule has 4 N–H and O–H groups in total. The maximum absolute atomic E-state index is 13.6. The van der Waals surface area contributed by atoms with E-state index in [-0.39, 0.29) is 30.5 Å². The first-order chi connectivity index (χ1) is 18.0. The summed E-state index contributed by atoms with van der Waals surface area (Å²) < 4.78 is 56.5. The highest BCUT2D eigenvalue weighted by Gasteiger charge is 2.34. The Bertz CT molecular complexity index is 1180. The summed E-state index contributed by atoms with van der Waals surface area (Å²) in [5, 5.41) is 18.5. The minimum atomic E-state index is -4.48. The number of primary amides is 1. The Labute approximate surface area is 222 Å². The molecule has 0 spiro atoms. The number of carbonyl (C=O) groups excluding carboxylic acids is 1. The zero-order chi connectivity index (χ0) is 27.6. The summed E-state index contributed by atoms with van der Waals surface area (Å²) >= 11 is 0. The number of aromatic nitrogens is 2. The predicted octanol–water partition coefficient (Wildman–Crippen LogP) is 1.50. The summed E-state index contributed by atoms with van der Waals surface area (Å²) in [5.41, 5.74) is 7.63. The van der Waals surface area contributed by atoms with Gasteiger partial charge in [0.15, 0.2) is 0 Å². The van der Waals surface area contributed by atoms with Gasteiger partial charge in [0.25, 0.3) is 0 Å². The molecule has 2 aromatic rings. The van der Waals surface area contributed by atoms with E-state index in [2.05, 4.69) is 10.2 Å². The Balaban J connectivity index is 1.61. The number of alkyl halides is 3. The molecule has 0 radical (unpaired) electrons. The Morgan fingerprint density at radius 2 is 1.97 bits per heavy atom. The Kier molecular flexibility index (Phi) is 8.92. The second-order valence-corrected chi connectivity index (χ2v) is 11.4. The third kappa shape index (κ3) is 6.45. The minimum Gasteiger partial charge on any atom is -0.390 e. The number of benzene rings is 1. The van der Waals surface area contributed by atoms with Gasteiger partial charge in [0.1, 0.15) is 0 Å². The topological polar surface area (TPSA) is 117 Å². The molecule has 3 heterocycles. The molecular formula is C25H35F3N6O3S. The number of hydrogen-bond acceptors (Lipinski definition) is 6. The van der Waals surface area contributed by atoms with Crippen molar-refractivity contribution >= 4 is 16.9 Å². The van der Waals surface area contributed by atoms with Gasteiger partial charge in [0.05, 0.1) is 34.9 Å². The quantitative estimate of drug-likeness (QED) is 0.431. The van der Waals surface area contributed by atoms with Gasteiger partial charge in [0, 0.05) is 61.6 Å². The maximum Gasteiger partial charge on any atom is 0.416 e. The van der Waals surface area contributed by atoms with Crippen molar-refractivity contribution in [3.8, 4) is 11.3 Å². The normalized spacial score (nSPS) is 19.3. The molecule has 0 bridgehead atoms. The molecule has 2 atom stereocenters. The van der Waals surface area contributed by atoms with Crippen LogP contribution in [-0.4, -0.2) is 79.8 Å². The van der Waals surface area contributed by atoms with Crippen LogP contribution in [0.1, 0.15) is 35.2 Å². The predicted molar refractivity (Wildman–Crippen MR) is 138 cm³/mol. The van der Waals surface area contributed by atoms with E-state index in [1.165, 1.54) is 12.1 Å². The molecule has 1 saturated heterocycles. The van der Waals surface area contributed by atoms with Crippen LogP contribution in [0.4, 0.5) is 13.2 Å². The van der Waals surface area contributed by atoms with Crippen molar-refractivity contribution in [2.75, 3.05) is 39.5 Å². The van der Waals surface area contributed by atoms with E-state index in [4.69, 9.17) is 10.8 Å². The number of β-amino-alcohol motifs (C(OH)–C–C–N with tert-alkyl or cyclic N) is 1. The molecule has 0 aliphatic carbocycles. The summed E-state index contributed by atoms with van der Waals surface area (Å²) in [7, 11) is 0.382. The standard InChI is InChI=1S/C25H35F3N6O3S/c1-30-12-18-11-17(3-4-21(18)25(26,27)28)23-20-15-33(38(2)37)10-7-22(20)34(31-23)14-19(35)13-32-8-5-16(6-9-32)24(29)36/h3-4,11,16,19,30,35H,5-10,12-15H2,1-2H3,(H2,29,36). The maximum atomic E-state index is 13.6. The molecule has 1 aromatic heterocycles. The van der Waals surface area contributed by atoms with Gasteiger partial charge in [-0.25, -0.2) is 8.51 Å². The zero-order valence-corrected chi connectivity index (χ0v) is 22.4. The molecule has 38 heavy (non-hydrogen) atoms. The van der Waals surface area contributed by atoms with Crippen molar-refractivity contribution in [2.45, 2.75) is 51.2 Å². The number of halogens is 3. The highest BCUT2D eigenvalue weighted by Crippen LogP contribution is 2.36. The third-order valence-corrected chi connectivity index (χ3v) is 8.40. The van der Waals surface area contributed by atoms with Crippen molar-refractivity contribution in [1.29, 1.82) is 0 Å². The van der Waals surface area contributed by atoms with Gasteiger partial charge in [-0.1, -0.05) is 6.07 Å². The van der Waals surface area contributed by atoms with E-state index < -0.39 is 28.8 Å². The molecule has 2 aliphatic rings. The first-order valence-corrected chi connectivity index (χ1v) is 14.2. The highest BCUT2D eigenvalue weighted by atomic mass is 32.2. The number of hydrogen-bond donors (Lipinski definition) is 3. The Hall–Kier alpha value is -2.32. The molecule has 4 rings (SSSR count).